The minimum absolute atomic E-state index is 0.591. The van der Waals surface area contributed by atoms with Gasteiger partial charge >= 0.3 is 0 Å². The van der Waals surface area contributed by atoms with Gasteiger partial charge in [0.15, 0.2) is 0 Å². The highest BCUT2D eigenvalue weighted by molar-refractivity contribution is 5.48. The molecule has 1 atom stereocenters. The smallest absolute Gasteiger partial charge is 0.145 e. The Morgan fingerprint density at radius 2 is 2.29 bits per heavy atom. The van der Waals surface area contributed by atoms with Crippen LogP contribution in [0, 0.1) is 0 Å². The Bertz CT molecular complexity index is 369. The first kappa shape index (κ1) is 12.1. The van der Waals surface area contributed by atoms with Crippen molar-refractivity contribution in [2.24, 2.45) is 5.84 Å². The molecule has 1 unspecified atom stereocenters. The number of aromatic nitrogens is 2. The van der Waals surface area contributed by atoms with Crippen molar-refractivity contribution in [1.82, 2.24) is 14.9 Å². The maximum Gasteiger partial charge on any atom is 0.145 e. The molecule has 1 aliphatic heterocycles. The fraction of sp³-hybridized carbons (Fsp3) is 0.636. The number of nitrogens with two attached hydrogens (primary N) is 1. The molecule has 0 saturated carbocycles. The number of rotatable bonds is 3. The fourth-order valence-electron chi connectivity index (χ4n) is 2.19. The van der Waals surface area contributed by atoms with Gasteiger partial charge in [0.1, 0.15) is 18.0 Å². The van der Waals surface area contributed by atoms with Crippen molar-refractivity contribution in [2.75, 3.05) is 37.0 Å². The molecular weight excluding hydrogens is 216 g/mol. The van der Waals surface area contributed by atoms with Gasteiger partial charge in [-0.3, -0.25) is 4.90 Å². The lowest BCUT2D eigenvalue weighted by Gasteiger charge is -2.39. The second-order valence-corrected chi connectivity index (χ2v) is 4.39. The zero-order chi connectivity index (χ0) is 12.3. The number of nitrogens with one attached hydrogen (secondary N) is 1. The van der Waals surface area contributed by atoms with E-state index in [1.54, 1.807) is 6.33 Å². The molecule has 0 bridgehead atoms. The van der Waals surface area contributed by atoms with Gasteiger partial charge < -0.3 is 10.3 Å². The normalized spacial score (nSPS) is 21.6. The van der Waals surface area contributed by atoms with E-state index < -0.39 is 0 Å². The van der Waals surface area contributed by atoms with Crippen molar-refractivity contribution in [3.05, 3.63) is 12.4 Å². The molecule has 0 radical (unpaired) electrons. The molecule has 94 valence electrons. The Morgan fingerprint density at radius 1 is 1.47 bits per heavy atom. The summed E-state index contributed by atoms with van der Waals surface area (Å²) in [5.41, 5.74) is 2.55. The van der Waals surface area contributed by atoms with Crippen LogP contribution < -0.4 is 16.2 Å². The third kappa shape index (κ3) is 2.65. The average molecular weight is 236 g/mol. The second kappa shape index (κ2) is 5.29. The van der Waals surface area contributed by atoms with Gasteiger partial charge in [0.05, 0.1) is 0 Å². The third-order valence-corrected chi connectivity index (χ3v) is 3.37. The maximum atomic E-state index is 5.36. The predicted molar refractivity (Wildman–Crippen MR) is 68.8 cm³/mol. The number of hydrogen-bond acceptors (Lipinski definition) is 6. The van der Waals surface area contributed by atoms with Crippen LogP contribution in [0.3, 0.4) is 0 Å². The van der Waals surface area contributed by atoms with Crippen LogP contribution in [0.2, 0.25) is 0 Å². The number of hydrogen-bond donors (Lipinski definition) is 2. The molecule has 17 heavy (non-hydrogen) atoms. The Hall–Kier alpha value is -1.40. The largest absolute Gasteiger partial charge is 0.354 e. The zero-order valence-corrected chi connectivity index (χ0v) is 10.4. The summed E-state index contributed by atoms with van der Waals surface area (Å²) in [6.45, 7) is 5.29. The van der Waals surface area contributed by atoms with E-state index in [-0.39, 0.29) is 0 Å². The van der Waals surface area contributed by atoms with E-state index in [9.17, 15) is 0 Å². The molecule has 1 fully saturated rings. The predicted octanol–water partition coefficient (Wildman–Crippen LogP) is 0.293. The molecule has 0 aliphatic carbocycles. The first-order valence-corrected chi connectivity index (χ1v) is 5.98. The van der Waals surface area contributed by atoms with Gasteiger partial charge in [0.25, 0.3) is 0 Å². The Kier molecular flexibility index (Phi) is 3.75. The quantitative estimate of drug-likeness (QED) is 0.581. The molecule has 0 aromatic carbocycles. The van der Waals surface area contributed by atoms with Crippen LogP contribution in [0.1, 0.15) is 13.3 Å². The molecule has 6 nitrogen and oxygen atoms in total. The van der Waals surface area contributed by atoms with E-state index in [1.165, 1.54) is 0 Å². The summed E-state index contributed by atoms with van der Waals surface area (Å²) in [5.74, 6) is 6.96. The van der Waals surface area contributed by atoms with E-state index in [0.29, 0.717) is 11.9 Å². The van der Waals surface area contributed by atoms with Crippen molar-refractivity contribution < 1.29 is 0 Å². The molecule has 1 aromatic heterocycles. The van der Waals surface area contributed by atoms with E-state index in [2.05, 4.69) is 39.2 Å². The third-order valence-electron chi connectivity index (χ3n) is 3.37. The van der Waals surface area contributed by atoms with Crippen LogP contribution in [0.25, 0.3) is 0 Å². The first-order valence-electron chi connectivity index (χ1n) is 5.98. The molecule has 1 aliphatic rings. The number of nitrogens with zero attached hydrogens (tertiary/aromatic N) is 4. The number of nitrogen functional groups attached to an aromatic ring is 1. The second-order valence-electron chi connectivity index (χ2n) is 4.39. The molecule has 0 amide bonds. The van der Waals surface area contributed by atoms with Gasteiger partial charge in [-0.1, -0.05) is 6.92 Å². The summed E-state index contributed by atoms with van der Waals surface area (Å²) in [7, 11) is 2.18. The van der Waals surface area contributed by atoms with Crippen molar-refractivity contribution in [2.45, 2.75) is 19.4 Å². The van der Waals surface area contributed by atoms with Crippen LogP contribution in [-0.2, 0) is 0 Å². The van der Waals surface area contributed by atoms with Crippen molar-refractivity contribution >= 4 is 11.6 Å². The van der Waals surface area contributed by atoms with E-state index >= 15 is 0 Å². The van der Waals surface area contributed by atoms with Crippen molar-refractivity contribution in [3.8, 4) is 0 Å². The van der Waals surface area contributed by atoms with Crippen LogP contribution in [0.5, 0.6) is 0 Å². The average Bonchev–Trinajstić information content (AvgIpc) is 2.39. The highest BCUT2D eigenvalue weighted by Gasteiger charge is 2.23. The van der Waals surface area contributed by atoms with E-state index in [1.807, 2.05) is 6.07 Å². The molecule has 2 heterocycles. The SMILES string of the molecule is CCC1CN(c2cc(NN)ncn2)CCN1C. The summed E-state index contributed by atoms with van der Waals surface area (Å²) in [6.07, 6.45) is 2.70. The lowest BCUT2D eigenvalue weighted by atomic mass is 10.1. The van der Waals surface area contributed by atoms with Gasteiger partial charge in [-0.2, -0.15) is 0 Å². The Balaban J connectivity index is 2.11. The monoisotopic (exact) mass is 236 g/mol. The zero-order valence-electron chi connectivity index (χ0n) is 10.4. The summed E-state index contributed by atoms with van der Waals surface area (Å²) in [6, 6.07) is 2.48. The molecule has 0 spiro atoms. The Morgan fingerprint density at radius 3 is 3.00 bits per heavy atom. The number of piperazine rings is 1. The first-order chi connectivity index (χ1) is 8.24. The molecule has 2 rings (SSSR count). The fourth-order valence-corrected chi connectivity index (χ4v) is 2.19. The van der Waals surface area contributed by atoms with Crippen LogP contribution in [0.4, 0.5) is 11.6 Å². The lowest BCUT2D eigenvalue weighted by Crippen LogP contribution is -2.51. The minimum atomic E-state index is 0.591. The summed E-state index contributed by atoms with van der Waals surface area (Å²) in [4.78, 5) is 13.0. The molecule has 1 saturated heterocycles. The molecule has 3 N–H and O–H groups in total. The van der Waals surface area contributed by atoms with Gasteiger partial charge in [0, 0.05) is 31.7 Å². The van der Waals surface area contributed by atoms with Gasteiger partial charge in [-0.15, -0.1) is 0 Å². The summed E-state index contributed by atoms with van der Waals surface area (Å²) >= 11 is 0. The van der Waals surface area contributed by atoms with Crippen LogP contribution >= 0.6 is 0 Å². The lowest BCUT2D eigenvalue weighted by molar-refractivity contribution is 0.213. The van der Waals surface area contributed by atoms with Gasteiger partial charge in [-0.25, -0.2) is 15.8 Å². The van der Waals surface area contributed by atoms with Gasteiger partial charge in [0.2, 0.25) is 0 Å². The number of anilines is 2. The van der Waals surface area contributed by atoms with Crippen LogP contribution in [0.15, 0.2) is 12.4 Å². The number of hydrazine groups is 1. The van der Waals surface area contributed by atoms with E-state index in [4.69, 9.17) is 5.84 Å². The topological polar surface area (TPSA) is 70.3 Å². The van der Waals surface area contributed by atoms with Crippen molar-refractivity contribution in [3.63, 3.8) is 0 Å². The van der Waals surface area contributed by atoms with Gasteiger partial charge in [-0.05, 0) is 13.5 Å². The molecular formula is C11H20N6. The summed E-state index contributed by atoms with van der Waals surface area (Å²) < 4.78 is 0. The standard InChI is InChI=1S/C11H20N6/c1-3-9-7-17(5-4-16(9)2)11-6-10(15-12)13-8-14-11/h6,8-9H,3-5,7,12H2,1-2H3,(H,13,14,15). The highest BCUT2D eigenvalue weighted by atomic mass is 15.3. The minimum Gasteiger partial charge on any atom is -0.354 e. The summed E-state index contributed by atoms with van der Waals surface area (Å²) in [5, 5.41) is 0. The van der Waals surface area contributed by atoms with Crippen molar-refractivity contribution in [1.29, 1.82) is 0 Å². The number of likely N-dealkylation sites (N-methyl/N-ethyl adjacent to an activating group) is 1. The van der Waals surface area contributed by atoms with E-state index in [0.717, 1.165) is 31.9 Å². The maximum absolute atomic E-state index is 5.36. The molecule has 6 heteroatoms. The Labute approximate surface area is 102 Å². The molecule has 1 aromatic rings. The van der Waals surface area contributed by atoms with Crippen LogP contribution in [-0.4, -0.2) is 47.6 Å². The highest BCUT2D eigenvalue weighted by Crippen LogP contribution is 2.18.